The molecule has 37 heavy (non-hydrogen) atoms. The first-order valence-corrected chi connectivity index (χ1v) is 14.0. The molecule has 3 heterocycles. The minimum Gasteiger partial charge on any atom is -0.364 e. The number of fused-ring (bicyclic) bond motifs is 1. The van der Waals surface area contributed by atoms with Crippen LogP contribution in [0.2, 0.25) is 0 Å². The quantitative estimate of drug-likeness (QED) is 0.286. The zero-order valence-electron chi connectivity index (χ0n) is 20.6. The van der Waals surface area contributed by atoms with Gasteiger partial charge in [-0.1, -0.05) is 59.9 Å². The molecule has 5 aromatic rings. The first-order chi connectivity index (χ1) is 17.7. The Morgan fingerprint density at radius 2 is 1.68 bits per heavy atom. The average molecular weight is 531 g/mol. The lowest BCUT2D eigenvalue weighted by Gasteiger charge is -2.19. The molecule has 0 unspecified atom stereocenters. The highest BCUT2D eigenvalue weighted by atomic mass is 32.2. The van der Waals surface area contributed by atoms with E-state index in [1.807, 2.05) is 66.7 Å². The Labute approximate surface area is 219 Å². The number of nitrogens with one attached hydrogen (secondary N) is 2. The van der Waals surface area contributed by atoms with Crippen molar-refractivity contribution in [3.05, 3.63) is 84.8 Å². The van der Waals surface area contributed by atoms with Crippen molar-refractivity contribution in [3.63, 3.8) is 0 Å². The highest BCUT2D eigenvalue weighted by Gasteiger charge is 2.25. The minimum absolute atomic E-state index is 0.113. The highest BCUT2D eigenvalue weighted by molar-refractivity contribution is 7.91. The number of thiazole rings is 1. The van der Waals surface area contributed by atoms with Gasteiger partial charge in [-0.2, -0.15) is 0 Å². The van der Waals surface area contributed by atoms with Gasteiger partial charge in [0, 0.05) is 11.7 Å². The highest BCUT2D eigenvalue weighted by Crippen LogP contribution is 2.35. The molecule has 0 saturated heterocycles. The maximum Gasteiger partial charge on any atom is 0.252 e. The number of nitrogens with zero attached hydrogens (tertiary/aromatic N) is 4. The number of sulfonamides is 1. The molecule has 0 spiro atoms. The van der Waals surface area contributed by atoms with E-state index in [2.05, 4.69) is 20.0 Å². The maximum atomic E-state index is 12.8. The van der Waals surface area contributed by atoms with Gasteiger partial charge in [0.25, 0.3) is 10.0 Å². The summed E-state index contributed by atoms with van der Waals surface area (Å²) in [4.78, 5) is 18.4. The zero-order valence-corrected chi connectivity index (χ0v) is 22.3. The van der Waals surface area contributed by atoms with Gasteiger partial charge in [-0.05, 0) is 50.1 Å². The number of hydrogen-bond donors (Lipinski definition) is 2. The predicted molar refractivity (Wildman–Crippen MR) is 148 cm³/mol. The summed E-state index contributed by atoms with van der Waals surface area (Å²) in [6.07, 6.45) is 3.10. The van der Waals surface area contributed by atoms with Gasteiger partial charge in [0.1, 0.15) is 5.82 Å². The smallest absolute Gasteiger partial charge is 0.252 e. The van der Waals surface area contributed by atoms with Crippen molar-refractivity contribution in [2.45, 2.75) is 37.1 Å². The second-order valence-corrected chi connectivity index (χ2v) is 12.4. The number of rotatable bonds is 7. The van der Waals surface area contributed by atoms with E-state index in [-0.39, 0.29) is 4.21 Å². The fourth-order valence-corrected chi connectivity index (χ4v) is 6.37. The van der Waals surface area contributed by atoms with Gasteiger partial charge in [-0.15, -0.1) is 0 Å². The van der Waals surface area contributed by atoms with Crippen LogP contribution in [-0.2, 0) is 16.6 Å². The summed E-state index contributed by atoms with van der Waals surface area (Å²) in [7, 11) is -3.72. The van der Waals surface area contributed by atoms with Crippen LogP contribution in [0, 0.1) is 0 Å². The zero-order chi connectivity index (χ0) is 26.0. The standard InChI is InChI=1S/C27H26N6O2S2/c1-27(2,3)33-37(34,35)22-17-30-26(36-22)25-31-21-14-9-13-20(18-10-5-4-6-11-18)23(21)24(32-25)29-16-19-12-7-8-15-28-19/h4-15,17,33H,16H2,1-3H3,(H,29,31,32). The Hall–Kier alpha value is -3.73. The Bertz CT molecular complexity index is 1650. The van der Waals surface area contributed by atoms with E-state index in [0.717, 1.165) is 39.1 Å². The van der Waals surface area contributed by atoms with Crippen LogP contribution >= 0.6 is 11.3 Å². The third kappa shape index (κ3) is 5.66. The van der Waals surface area contributed by atoms with Crippen molar-refractivity contribution in [1.29, 1.82) is 0 Å². The van der Waals surface area contributed by atoms with E-state index in [9.17, 15) is 8.42 Å². The Morgan fingerprint density at radius 3 is 2.41 bits per heavy atom. The Kier molecular flexibility index (Phi) is 6.72. The lowest BCUT2D eigenvalue weighted by atomic mass is 10.0. The largest absolute Gasteiger partial charge is 0.364 e. The molecule has 3 aromatic heterocycles. The summed E-state index contributed by atoms with van der Waals surface area (Å²) in [6.45, 7) is 5.84. The maximum absolute atomic E-state index is 12.8. The molecule has 8 nitrogen and oxygen atoms in total. The summed E-state index contributed by atoms with van der Waals surface area (Å²) in [6, 6.07) is 21.7. The van der Waals surface area contributed by atoms with Crippen molar-refractivity contribution in [2.75, 3.05) is 5.32 Å². The monoisotopic (exact) mass is 530 g/mol. The molecule has 2 N–H and O–H groups in total. The van der Waals surface area contributed by atoms with Gasteiger partial charge in [0.15, 0.2) is 15.0 Å². The van der Waals surface area contributed by atoms with Crippen molar-refractivity contribution in [1.82, 2.24) is 24.7 Å². The van der Waals surface area contributed by atoms with Gasteiger partial charge in [0.2, 0.25) is 0 Å². The van der Waals surface area contributed by atoms with Crippen molar-refractivity contribution in [3.8, 4) is 22.0 Å². The van der Waals surface area contributed by atoms with Gasteiger partial charge < -0.3 is 5.32 Å². The van der Waals surface area contributed by atoms with E-state index in [0.29, 0.717) is 23.2 Å². The molecule has 0 aliphatic rings. The normalized spacial score (nSPS) is 12.1. The van der Waals surface area contributed by atoms with E-state index in [1.54, 1.807) is 27.0 Å². The van der Waals surface area contributed by atoms with Gasteiger partial charge in [-0.25, -0.2) is 28.1 Å². The number of anilines is 1. The van der Waals surface area contributed by atoms with E-state index < -0.39 is 15.6 Å². The van der Waals surface area contributed by atoms with Crippen LogP contribution in [0.5, 0.6) is 0 Å². The fraction of sp³-hybridized carbons (Fsp3) is 0.185. The molecule has 0 amide bonds. The first-order valence-electron chi connectivity index (χ1n) is 11.7. The lowest BCUT2D eigenvalue weighted by Crippen LogP contribution is -2.40. The molecule has 0 aliphatic carbocycles. The molecule has 0 fully saturated rings. The van der Waals surface area contributed by atoms with Crippen LogP contribution in [0.1, 0.15) is 26.5 Å². The van der Waals surface area contributed by atoms with Crippen LogP contribution in [0.3, 0.4) is 0 Å². The van der Waals surface area contributed by atoms with Crippen LogP contribution in [0.4, 0.5) is 5.82 Å². The summed E-state index contributed by atoms with van der Waals surface area (Å²) in [5.41, 5.74) is 3.01. The molecule has 2 aromatic carbocycles. The van der Waals surface area contributed by atoms with Crippen molar-refractivity contribution < 1.29 is 8.42 Å². The number of benzene rings is 2. The van der Waals surface area contributed by atoms with E-state index >= 15 is 0 Å². The molecule has 10 heteroatoms. The van der Waals surface area contributed by atoms with Crippen molar-refractivity contribution in [2.24, 2.45) is 0 Å². The molecule has 0 radical (unpaired) electrons. The summed E-state index contributed by atoms with van der Waals surface area (Å²) in [5, 5.41) is 4.71. The lowest BCUT2D eigenvalue weighted by molar-refractivity contribution is 0.492. The summed E-state index contributed by atoms with van der Waals surface area (Å²) in [5.74, 6) is 0.973. The SMILES string of the molecule is CC(C)(C)NS(=O)(=O)c1cnc(-c2nc(NCc3ccccn3)c3c(-c4ccccc4)cccc3n2)s1. The van der Waals surface area contributed by atoms with Crippen LogP contribution in [0.25, 0.3) is 32.9 Å². The Morgan fingerprint density at radius 1 is 0.892 bits per heavy atom. The summed E-state index contributed by atoms with van der Waals surface area (Å²) < 4.78 is 28.4. The van der Waals surface area contributed by atoms with Gasteiger partial charge >= 0.3 is 0 Å². The average Bonchev–Trinajstić information content (AvgIpc) is 3.38. The molecular formula is C27H26N6O2S2. The molecule has 0 atom stereocenters. The second kappa shape index (κ2) is 9.97. The molecular weight excluding hydrogens is 504 g/mol. The predicted octanol–water partition coefficient (Wildman–Crippen LogP) is 5.50. The van der Waals surface area contributed by atoms with E-state index in [4.69, 9.17) is 9.97 Å². The second-order valence-electron chi connectivity index (χ2n) is 9.48. The molecule has 0 aliphatic heterocycles. The minimum atomic E-state index is -3.72. The van der Waals surface area contributed by atoms with Crippen molar-refractivity contribution >= 4 is 38.1 Å². The van der Waals surface area contributed by atoms with Crippen LogP contribution in [-0.4, -0.2) is 33.9 Å². The molecule has 0 saturated carbocycles. The fourth-order valence-electron chi connectivity index (χ4n) is 3.88. The third-order valence-electron chi connectivity index (χ3n) is 5.35. The van der Waals surface area contributed by atoms with Crippen LogP contribution < -0.4 is 10.0 Å². The van der Waals surface area contributed by atoms with Gasteiger partial charge in [0.05, 0.1) is 29.3 Å². The third-order valence-corrected chi connectivity index (χ3v) is 8.56. The number of hydrogen-bond acceptors (Lipinski definition) is 8. The molecule has 0 bridgehead atoms. The molecule has 188 valence electrons. The molecule has 5 rings (SSSR count). The van der Waals surface area contributed by atoms with E-state index in [1.165, 1.54) is 6.20 Å². The first kappa shape index (κ1) is 24.9. The number of aromatic nitrogens is 4. The van der Waals surface area contributed by atoms with Crippen LogP contribution in [0.15, 0.2) is 83.3 Å². The van der Waals surface area contributed by atoms with Gasteiger partial charge in [-0.3, -0.25) is 4.98 Å². The summed E-state index contributed by atoms with van der Waals surface area (Å²) >= 11 is 1.04. The Balaban J connectivity index is 1.61. The number of pyridine rings is 1. The topological polar surface area (TPSA) is 110 Å².